The van der Waals surface area contributed by atoms with E-state index in [4.69, 9.17) is 32.8 Å². The fraction of sp³-hybridized carbons (Fsp3) is 0.0952. The zero-order valence-corrected chi connectivity index (χ0v) is 16.3. The first kappa shape index (κ1) is 12.4. The fourth-order valence-corrected chi connectivity index (χ4v) is 2.23. The number of urea groups is 1. The predicted molar refractivity (Wildman–Crippen MR) is 113 cm³/mol. The van der Waals surface area contributed by atoms with Crippen molar-refractivity contribution in [3.63, 3.8) is 0 Å². The predicted octanol–water partition coefficient (Wildman–Crippen LogP) is 5.69. The first-order valence-corrected chi connectivity index (χ1v) is 8.59. The molecule has 3 N–H and O–H groups in total. The number of carbonyl (C=O) groups excluding carboxylic acids is 2. The van der Waals surface area contributed by atoms with Gasteiger partial charge in [0.15, 0.2) is 0 Å². The SMILES string of the molecule is [2H]c1nc(C(=O)NC([2H])([2H])[2H])c([2H])c(Oc2c([2H])c([2H])c(NC(=O)Nc3c([2H])c([2H])c(Cl)c(C(F)(F)F)c3[2H])c(F)c2[2H])c1[2H]. The summed E-state index contributed by atoms with van der Waals surface area (Å²) in [4.78, 5) is 28.1. The molecule has 3 amide bonds. The highest BCUT2D eigenvalue weighted by Crippen LogP contribution is 2.36. The second kappa shape index (κ2) is 9.74. The van der Waals surface area contributed by atoms with Gasteiger partial charge in [-0.1, -0.05) is 11.6 Å². The first-order chi connectivity index (χ1) is 20.5. The number of rotatable bonds is 5. The molecule has 0 spiro atoms. The number of halogens is 5. The van der Waals surface area contributed by atoms with Crippen molar-refractivity contribution < 1.29 is 48.3 Å². The summed E-state index contributed by atoms with van der Waals surface area (Å²) in [6.45, 7) is -3.06. The molecule has 0 bridgehead atoms. The minimum atomic E-state index is -5.28. The number of benzene rings is 2. The minimum absolute atomic E-state index is 1.02. The van der Waals surface area contributed by atoms with Crippen molar-refractivity contribution in [2.45, 2.75) is 6.18 Å². The first-order valence-electron chi connectivity index (χ1n) is 14.2. The van der Waals surface area contributed by atoms with Crippen LogP contribution in [0.1, 0.15) is 32.5 Å². The van der Waals surface area contributed by atoms with Crippen LogP contribution in [0.2, 0.25) is 5.02 Å². The molecule has 1 heterocycles. The molecule has 3 rings (SSSR count). The number of aromatic nitrogens is 1. The molecule has 12 heteroatoms. The van der Waals surface area contributed by atoms with Gasteiger partial charge in [-0.2, -0.15) is 13.2 Å². The number of hydrogen-bond donors (Lipinski definition) is 3. The maximum atomic E-state index is 15.2. The molecule has 0 radical (unpaired) electrons. The highest BCUT2D eigenvalue weighted by molar-refractivity contribution is 6.31. The maximum absolute atomic E-state index is 15.2. The Bertz CT molecular complexity index is 1730. The molecule has 7 nitrogen and oxygen atoms in total. The number of nitrogens with one attached hydrogen (secondary N) is 3. The van der Waals surface area contributed by atoms with Gasteiger partial charge in [-0.25, -0.2) is 9.18 Å². The van der Waals surface area contributed by atoms with Gasteiger partial charge in [-0.3, -0.25) is 9.78 Å². The average molecular weight is 495 g/mol. The van der Waals surface area contributed by atoms with Gasteiger partial charge >= 0.3 is 12.2 Å². The van der Waals surface area contributed by atoms with Crippen LogP contribution in [0.5, 0.6) is 11.5 Å². The van der Waals surface area contributed by atoms with Gasteiger partial charge in [0, 0.05) is 35.0 Å². The molecule has 33 heavy (non-hydrogen) atoms. The van der Waals surface area contributed by atoms with Crippen molar-refractivity contribution in [2.24, 2.45) is 0 Å². The van der Waals surface area contributed by atoms with Crippen molar-refractivity contribution >= 4 is 34.9 Å². The fourth-order valence-electron chi connectivity index (χ4n) is 2.03. The summed E-state index contributed by atoms with van der Waals surface area (Å²) in [6.07, 6.45) is -6.32. The molecule has 1 aromatic heterocycles. The lowest BCUT2D eigenvalue weighted by Gasteiger charge is -2.13. The molecule has 2 aromatic carbocycles. The Hall–Kier alpha value is -3.86. The molecule has 0 aliphatic carbocycles. The molecule has 3 aromatic rings. The summed E-state index contributed by atoms with van der Waals surface area (Å²) in [7, 11) is 0. The van der Waals surface area contributed by atoms with E-state index < -0.39 is 125 Å². The summed E-state index contributed by atoms with van der Waals surface area (Å²) in [5, 5.41) is 3.50. The van der Waals surface area contributed by atoms with Crippen LogP contribution in [-0.4, -0.2) is 23.9 Å². The summed E-state index contributed by atoms with van der Waals surface area (Å²) >= 11 is 5.47. The Morgan fingerprint density at radius 2 is 1.85 bits per heavy atom. The van der Waals surface area contributed by atoms with E-state index in [1.807, 2.05) is 0 Å². The number of hydrogen-bond acceptors (Lipinski definition) is 4. The van der Waals surface area contributed by atoms with Gasteiger partial charge in [0.05, 0.1) is 28.6 Å². The van der Waals surface area contributed by atoms with Crippen LogP contribution >= 0.6 is 11.6 Å². The van der Waals surface area contributed by atoms with Gasteiger partial charge in [-0.05, 0) is 36.3 Å². The van der Waals surface area contributed by atoms with Crippen LogP contribution in [0.4, 0.5) is 33.7 Å². The van der Waals surface area contributed by atoms with E-state index in [-0.39, 0.29) is 0 Å². The summed E-state index contributed by atoms with van der Waals surface area (Å²) < 4.78 is 153. The lowest BCUT2D eigenvalue weighted by atomic mass is 10.2. The van der Waals surface area contributed by atoms with Gasteiger partial charge in [-0.15, -0.1) is 0 Å². The van der Waals surface area contributed by atoms with E-state index in [9.17, 15) is 22.8 Å². The van der Waals surface area contributed by atoms with Crippen molar-refractivity contribution in [2.75, 3.05) is 17.6 Å². The van der Waals surface area contributed by atoms with Gasteiger partial charge < -0.3 is 20.7 Å². The van der Waals surface area contributed by atoms with Crippen LogP contribution in [0.25, 0.3) is 0 Å². The molecular formula is C21H15ClF4N4O3. The smallest absolute Gasteiger partial charge is 0.417 e. The molecule has 0 aliphatic rings. The van der Waals surface area contributed by atoms with Crippen LogP contribution in [0, 0.1) is 5.82 Å². The topological polar surface area (TPSA) is 92.3 Å². The van der Waals surface area contributed by atoms with Crippen LogP contribution in [0.3, 0.4) is 0 Å². The quantitative estimate of drug-likeness (QED) is 0.397. The highest BCUT2D eigenvalue weighted by atomic mass is 35.5. The van der Waals surface area contributed by atoms with Crippen molar-refractivity contribution in [1.29, 1.82) is 0 Å². The van der Waals surface area contributed by atoms with Crippen LogP contribution in [0.15, 0.2) is 54.5 Å². The molecular weight excluding hydrogens is 468 g/mol. The molecule has 0 aliphatic heterocycles. The molecule has 0 atom stereocenters. The van der Waals surface area contributed by atoms with E-state index in [0.717, 1.165) is 0 Å². The van der Waals surface area contributed by atoms with Gasteiger partial charge in [0.2, 0.25) is 0 Å². The number of ether oxygens (including phenoxy) is 1. The number of amides is 3. The van der Waals surface area contributed by atoms with E-state index in [1.165, 1.54) is 5.32 Å². The van der Waals surface area contributed by atoms with E-state index in [0.29, 0.717) is 0 Å². The number of nitrogens with zero attached hydrogens (tertiary/aromatic N) is 1. The van der Waals surface area contributed by atoms with Crippen LogP contribution in [-0.2, 0) is 6.18 Å². The summed E-state index contributed by atoms with van der Waals surface area (Å²) in [6, 6.07) is -11.5. The Balaban J connectivity index is 2.03. The standard InChI is InChI=1S/C21H15ClF4N4O3/c1-27-19(31)18-10-13(6-7-28-18)33-12-3-5-17(16(23)9-12)30-20(32)29-11-2-4-15(22)14(8-11)21(24,25)26/h2-10H,1H3,(H,27,31)(H2,29,30,32)/i1D3,2D,3D,4D,5D,6D,7D,8D,9D,10D. The second-order valence-electron chi connectivity index (χ2n) is 5.62. The Labute approximate surface area is 206 Å². The van der Waals surface area contributed by atoms with Crippen molar-refractivity contribution in [1.82, 2.24) is 10.3 Å². The molecule has 0 saturated heterocycles. The molecule has 0 fully saturated rings. The third-order valence-electron chi connectivity index (χ3n) is 3.37. The number of pyridine rings is 1. The Morgan fingerprint density at radius 3 is 2.58 bits per heavy atom. The molecule has 172 valence electrons. The highest BCUT2D eigenvalue weighted by Gasteiger charge is 2.33. The maximum Gasteiger partial charge on any atom is 0.417 e. The molecule has 0 unspecified atom stereocenters. The zero-order chi connectivity index (χ0) is 34.5. The third-order valence-corrected chi connectivity index (χ3v) is 3.66. The van der Waals surface area contributed by atoms with Gasteiger partial charge in [0.25, 0.3) is 5.91 Å². The lowest BCUT2D eigenvalue weighted by molar-refractivity contribution is -0.137. The number of alkyl halides is 3. The van der Waals surface area contributed by atoms with E-state index >= 15 is 4.39 Å². The monoisotopic (exact) mass is 494 g/mol. The van der Waals surface area contributed by atoms with Crippen LogP contribution < -0.4 is 20.7 Å². The minimum Gasteiger partial charge on any atom is -0.457 e. The Kier molecular flexibility index (Phi) is 3.66. The zero-order valence-electron chi connectivity index (χ0n) is 27.6. The summed E-state index contributed by atoms with van der Waals surface area (Å²) in [5.41, 5.74) is -5.29. The van der Waals surface area contributed by atoms with Crippen molar-refractivity contribution in [3.05, 3.63) is 76.6 Å². The van der Waals surface area contributed by atoms with E-state index in [1.54, 1.807) is 10.6 Å². The summed E-state index contributed by atoms with van der Waals surface area (Å²) in [5.74, 6) is -5.54. The number of anilines is 2. The van der Waals surface area contributed by atoms with E-state index in [2.05, 4.69) is 4.98 Å². The van der Waals surface area contributed by atoms with Gasteiger partial charge in [0.1, 0.15) is 23.0 Å². The number of carbonyl (C=O) groups is 2. The largest absolute Gasteiger partial charge is 0.457 e. The normalized spacial score (nSPS) is 16.5. The van der Waals surface area contributed by atoms with Crippen molar-refractivity contribution in [3.8, 4) is 11.5 Å². The lowest BCUT2D eigenvalue weighted by Crippen LogP contribution is -2.20. The second-order valence-corrected chi connectivity index (χ2v) is 5.99. The average Bonchev–Trinajstić information content (AvgIpc) is 2.91. The Morgan fingerprint density at radius 1 is 1.09 bits per heavy atom. The molecule has 0 saturated carbocycles. The third kappa shape index (κ3) is 6.10.